The minimum Gasteiger partial charge on any atom is -0.468 e. The summed E-state index contributed by atoms with van der Waals surface area (Å²) < 4.78 is 46.6. The van der Waals surface area contributed by atoms with E-state index >= 15 is 0 Å². The third-order valence-electron chi connectivity index (χ3n) is 5.46. The first-order valence-corrected chi connectivity index (χ1v) is 10.0. The van der Waals surface area contributed by atoms with Crippen LogP contribution in [0.4, 0.5) is 18.9 Å². The second-order valence-corrected chi connectivity index (χ2v) is 7.34. The van der Waals surface area contributed by atoms with Gasteiger partial charge in [-0.15, -0.1) is 0 Å². The first-order chi connectivity index (χ1) is 15.0. The van der Waals surface area contributed by atoms with Gasteiger partial charge in [0.2, 0.25) is 0 Å². The quantitative estimate of drug-likeness (QED) is 0.644. The van der Waals surface area contributed by atoms with E-state index in [1.807, 2.05) is 6.07 Å². The van der Waals surface area contributed by atoms with Crippen LogP contribution in [-0.2, 0) is 0 Å². The van der Waals surface area contributed by atoms with Gasteiger partial charge in [-0.3, -0.25) is 9.69 Å². The number of hydrogen-bond acceptors (Lipinski definition) is 4. The SMILES string of the molecule is O=C(NC[C@H](c1ccco1)N1CCN(c2ccc(F)cc2)CC1)c1c(F)cccc1F. The number of halogens is 3. The summed E-state index contributed by atoms with van der Waals surface area (Å²) in [6, 6.07) is 13.0. The molecule has 1 fully saturated rings. The van der Waals surface area contributed by atoms with Crippen molar-refractivity contribution >= 4 is 11.6 Å². The van der Waals surface area contributed by atoms with E-state index in [-0.39, 0.29) is 18.4 Å². The number of furan rings is 1. The fourth-order valence-corrected chi connectivity index (χ4v) is 3.83. The number of nitrogens with zero attached hydrogens (tertiary/aromatic N) is 2. The molecular weight excluding hydrogens is 407 g/mol. The van der Waals surface area contributed by atoms with Crippen molar-refractivity contribution in [2.24, 2.45) is 0 Å². The Labute approximate surface area is 178 Å². The van der Waals surface area contributed by atoms with Crippen molar-refractivity contribution in [1.29, 1.82) is 0 Å². The van der Waals surface area contributed by atoms with Gasteiger partial charge in [-0.25, -0.2) is 13.2 Å². The van der Waals surface area contributed by atoms with E-state index in [0.29, 0.717) is 31.9 Å². The van der Waals surface area contributed by atoms with Gasteiger partial charge in [0.1, 0.15) is 28.8 Å². The van der Waals surface area contributed by atoms with Crippen LogP contribution in [0.25, 0.3) is 0 Å². The maximum absolute atomic E-state index is 13.9. The molecule has 2 aromatic carbocycles. The average Bonchev–Trinajstić information content (AvgIpc) is 3.29. The first kappa shape index (κ1) is 21.0. The van der Waals surface area contributed by atoms with Crippen LogP contribution in [0.5, 0.6) is 0 Å². The van der Waals surface area contributed by atoms with E-state index in [2.05, 4.69) is 15.1 Å². The Balaban J connectivity index is 1.43. The van der Waals surface area contributed by atoms with Crippen LogP contribution < -0.4 is 10.2 Å². The summed E-state index contributed by atoms with van der Waals surface area (Å²) in [4.78, 5) is 16.7. The smallest absolute Gasteiger partial charge is 0.257 e. The molecule has 1 saturated heterocycles. The second-order valence-electron chi connectivity index (χ2n) is 7.34. The van der Waals surface area contributed by atoms with E-state index in [1.54, 1.807) is 24.5 Å². The molecule has 0 radical (unpaired) electrons. The Morgan fingerprint density at radius 3 is 2.23 bits per heavy atom. The van der Waals surface area contributed by atoms with Gasteiger partial charge in [0.25, 0.3) is 5.91 Å². The lowest BCUT2D eigenvalue weighted by molar-refractivity contribution is 0.0914. The molecule has 4 rings (SSSR count). The highest BCUT2D eigenvalue weighted by Gasteiger charge is 2.28. The molecule has 1 atom stereocenters. The highest BCUT2D eigenvalue weighted by atomic mass is 19.1. The monoisotopic (exact) mass is 429 g/mol. The van der Waals surface area contributed by atoms with Crippen molar-refractivity contribution in [3.8, 4) is 0 Å². The molecule has 162 valence electrons. The van der Waals surface area contributed by atoms with Gasteiger partial charge in [0.05, 0.1) is 12.3 Å². The molecule has 0 spiro atoms. The average molecular weight is 429 g/mol. The summed E-state index contributed by atoms with van der Waals surface area (Å²) in [5.74, 6) is -2.23. The largest absolute Gasteiger partial charge is 0.468 e. The number of carbonyl (C=O) groups is 1. The van der Waals surface area contributed by atoms with Crippen LogP contribution in [0.15, 0.2) is 65.3 Å². The number of benzene rings is 2. The maximum atomic E-state index is 13.9. The molecule has 1 N–H and O–H groups in total. The number of piperazine rings is 1. The zero-order valence-electron chi connectivity index (χ0n) is 16.7. The predicted octanol–water partition coefficient (Wildman–Crippen LogP) is 3.99. The Bertz CT molecular complexity index is 997. The molecule has 0 aliphatic carbocycles. The number of nitrogens with one attached hydrogen (secondary N) is 1. The third kappa shape index (κ3) is 4.74. The predicted molar refractivity (Wildman–Crippen MR) is 110 cm³/mol. The molecule has 0 saturated carbocycles. The van der Waals surface area contributed by atoms with Crippen LogP contribution in [0, 0.1) is 17.5 Å². The summed E-state index contributed by atoms with van der Waals surface area (Å²) in [6.07, 6.45) is 1.55. The fraction of sp³-hybridized carbons (Fsp3) is 0.261. The van der Waals surface area contributed by atoms with E-state index in [0.717, 1.165) is 17.8 Å². The van der Waals surface area contributed by atoms with Crippen LogP contribution >= 0.6 is 0 Å². The highest BCUT2D eigenvalue weighted by Crippen LogP contribution is 2.25. The summed E-state index contributed by atoms with van der Waals surface area (Å²) in [7, 11) is 0. The third-order valence-corrected chi connectivity index (χ3v) is 5.46. The zero-order chi connectivity index (χ0) is 21.8. The Morgan fingerprint density at radius 1 is 0.935 bits per heavy atom. The number of rotatable bonds is 6. The van der Waals surface area contributed by atoms with Gasteiger partial charge in [-0.2, -0.15) is 0 Å². The number of anilines is 1. The number of carbonyl (C=O) groups excluding carboxylic acids is 1. The van der Waals surface area contributed by atoms with E-state index in [4.69, 9.17) is 4.42 Å². The standard InChI is InChI=1S/C23H22F3N3O2/c24-16-6-8-17(9-7-16)28-10-12-29(13-11-28)20(21-5-2-14-31-21)15-27-23(30)22-18(25)3-1-4-19(22)26/h1-9,14,20H,10-13,15H2,(H,27,30)/t20-/m1/s1. The molecule has 1 aliphatic heterocycles. The van der Waals surface area contributed by atoms with E-state index in [9.17, 15) is 18.0 Å². The molecule has 3 aromatic rings. The Morgan fingerprint density at radius 2 is 1.61 bits per heavy atom. The molecule has 1 amide bonds. The summed E-state index contributed by atoms with van der Waals surface area (Å²) in [5.41, 5.74) is 0.348. The van der Waals surface area contributed by atoms with Crippen molar-refractivity contribution in [2.75, 3.05) is 37.6 Å². The van der Waals surface area contributed by atoms with Crippen LogP contribution in [0.3, 0.4) is 0 Å². The van der Waals surface area contributed by atoms with E-state index < -0.39 is 23.1 Å². The molecule has 8 heteroatoms. The van der Waals surface area contributed by atoms with Gasteiger partial charge < -0.3 is 14.6 Å². The number of amides is 1. The van der Waals surface area contributed by atoms with Crippen molar-refractivity contribution in [1.82, 2.24) is 10.2 Å². The molecule has 5 nitrogen and oxygen atoms in total. The molecule has 31 heavy (non-hydrogen) atoms. The van der Waals surface area contributed by atoms with Crippen molar-refractivity contribution < 1.29 is 22.4 Å². The zero-order valence-corrected chi connectivity index (χ0v) is 16.7. The summed E-state index contributed by atoms with van der Waals surface area (Å²) >= 11 is 0. The molecule has 1 aromatic heterocycles. The van der Waals surface area contributed by atoms with Crippen LogP contribution in [-0.4, -0.2) is 43.5 Å². The van der Waals surface area contributed by atoms with E-state index in [1.165, 1.54) is 18.2 Å². The second kappa shape index (κ2) is 9.26. The van der Waals surface area contributed by atoms with Gasteiger partial charge in [0, 0.05) is 38.4 Å². The summed E-state index contributed by atoms with van der Waals surface area (Å²) in [5, 5.41) is 2.64. The molecular formula is C23H22F3N3O2. The minimum atomic E-state index is -0.903. The first-order valence-electron chi connectivity index (χ1n) is 10.0. The molecule has 0 unspecified atom stereocenters. The normalized spacial score (nSPS) is 15.6. The van der Waals surface area contributed by atoms with Crippen molar-refractivity contribution in [2.45, 2.75) is 6.04 Å². The molecule has 0 bridgehead atoms. The van der Waals surface area contributed by atoms with Crippen LogP contribution in [0.1, 0.15) is 22.2 Å². The highest BCUT2D eigenvalue weighted by molar-refractivity contribution is 5.94. The molecule has 2 heterocycles. The lowest BCUT2D eigenvalue weighted by atomic mass is 10.1. The lowest BCUT2D eigenvalue weighted by Crippen LogP contribution is -2.50. The minimum absolute atomic E-state index is 0.136. The van der Waals surface area contributed by atoms with Gasteiger partial charge >= 0.3 is 0 Å². The summed E-state index contributed by atoms with van der Waals surface area (Å²) in [6.45, 7) is 2.90. The van der Waals surface area contributed by atoms with Crippen LogP contribution in [0.2, 0.25) is 0 Å². The van der Waals surface area contributed by atoms with Crippen molar-refractivity contribution in [3.63, 3.8) is 0 Å². The van der Waals surface area contributed by atoms with Gasteiger partial charge in [-0.05, 0) is 48.5 Å². The van der Waals surface area contributed by atoms with Gasteiger partial charge in [-0.1, -0.05) is 6.07 Å². The van der Waals surface area contributed by atoms with Gasteiger partial charge in [0.15, 0.2) is 0 Å². The fourth-order valence-electron chi connectivity index (χ4n) is 3.83. The maximum Gasteiger partial charge on any atom is 0.257 e. The molecule has 1 aliphatic rings. The number of hydrogen-bond donors (Lipinski definition) is 1. The Kier molecular flexibility index (Phi) is 6.27. The van der Waals surface area contributed by atoms with Crippen molar-refractivity contribution in [3.05, 3.63) is 89.6 Å². The topological polar surface area (TPSA) is 48.7 Å². The lowest BCUT2D eigenvalue weighted by Gasteiger charge is -2.39. The Hall–Kier alpha value is -3.26.